The van der Waals surface area contributed by atoms with Crippen molar-refractivity contribution >= 4 is 17.3 Å². The fraction of sp³-hybridized carbons (Fsp3) is 0.333. The van der Waals surface area contributed by atoms with Gasteiger partial charge >= 0.3 is 0 Å². The Bertz CT molecular complexity index is 608. The molecule has 0 aromatic heterocycles. The molecule has 0 bridgehead atoms. The zero-order chi connectivity index (χ0) is 15.4. The average molecular weight is 303 g/mol. The summed E-state index contributed by atoms with van der Waals surface area (Å²) in [5.41, 5.74) is 4.76. The molecular weight excluding hydrogens is 280 g/mol. The summed E-state index contributed by atoms with van der Waals surface area (Å²) in [7, 11) is 4.12. The standard InChI is InChI=1S/C18H23ClN2/c1-5-20-18(15-10-9-13(2)17(19)12-15)14-7-6-8-16(11-14)21(3)4/h6-12,18,20H,5H2,1-4H3. The molecule has 0 heterocycles. The highest BCUT2D eigenvalue weighted by molar-refractivity contribution is 6.31. The first kappa shape index (κ1) is 15.9. The summed E-state index contributed by atoms with van der Waals surface area (Å²) < 4.78 is 0. The van der Waals surface area contributed by atoms with Gasteiger partial charge in [-0.2, -0.15) is 0 Å². The molecule has 0 saturated heterocycles. The molecule has 1 atom stereocenters. The highest BCUT2D eigenvalue weighted by atomic mass is 35.5. The lowest BCUT2D eigenvalue weighted by atomic mass is 9.97. The van der Waals surface area contributed by atoms with Gasteiger partial charge in [-0.25, -0.2) is 0 Å². The Morgan fingerprint density at radius 1 is 1.10 bits per heavy atom. The van der Waals surface area contributed by atoms with Crippen molar-refractivity contribution in [1.82, 2.24) is 5.32 Å². The summed E-state index contributed by atoms with van der Waals surface area (Å²) in [5, 5.41) is 4.37. The maximum absolute atomic E-state index is 6.29. The number of nitrogens with one attached hydrogen (secondary N) is 1. The maximum Gasteiger partial charge on any atom is 0.0577 e. The first-order valence-electron chi connectivity index (χ1n) is 7.29. The second kappa shape index (κ2) is 6.97. The third-order valence-electron chi connectivity index (χ3n) is 3.66. The third kappa shape index (κ3) is 3.78. The number of rotatable bonds is 5. The van der Waals surface area contributed by atoms with Crippen LogP contribution in [0, 0.1) is 6.92 Å². The van der Waals surface area contributed by atoms with Gasteiger partial charge in [-0.05, 0) is 48.4 Å². The number of hydrogen-bond acceptors (Lipinski definition) is 2. The molecule has 2 nitrogen and oxygen atoms in total. The zero-order valence-electron chi connectivity index (χ0n) is 13.2. The molecule has 0 aliphatic carbocycles. The molecule has 0 amide bonds. The summed E-state index contributed by atoms with van der Waals surface area (Å²) >= 11 is 6.29. The molecule has 0 saturated carbocycles. The highest BCUT2D eigenvalue weighted by Gasteiger charge is 2.14. The Hall–Kier alpha value is -1.51. The predicted molar refractivity (Wildman–Crippen MR) is 92.5 cm³/mol. The van der Waals surface area contributed by atoms with E-state index >= 15 is 0 Å². The number of aryl methyl sites for hydroxylation is 1. The van der Waals surface area contributed by atoms with Crippen molar-refractivity contribution in [2.45, 2.75) is 19.9 Å². The lowest BCUT2D eigenvalue weighted by Crippen LogP contribution is -2.22. The van der Waals surface area contributed by atoms with E-state index in [1.54, 1.807) is 0 Å². The van der Waals surface area contributed by atoms with Crippen molar-refractivity contribution in [2.75, 3.05) is 25.5 Å². The second-order valence-corrected chi connectivity index (χ2v) is 5.90. The van der Waals surface area contributed by atoms with Crippen LogP contribution in [0.15, 0.2) is 42.5 Å². The van der Waals surface area contributed by atoms with Crippen LogP contribution in [0.5, 0.6) is 0 Å². The van der Waals surface area contributed by atoms with E-state index in [1.807, 2.05) is 6.92 Å². The van der Waals surface area contributed by atoms with Gasteiger partial charge < -0.3 is 10.2 Å². The minimum Gasteiger partial charge on any atom is -0.378 e. The third-order valence-corrected chi connectivity index (χ3v) is 4.06. The molecule has 21 heavy (non-hydrogen) atoms. The van der Waals surface area contributed by atoms with Crippen molar-refractivity contribution in [3.05, 3.63) is 64.2 Å². The first-order valence-corrected chi connectivity index (χ1v) is 7.67. The molecule has 1 N–H and O–H groups in total. The maximum atomic E-state index is 6.29. The molecule has 0 spiro atoms. The quantitative estimate of drug-likeness (QED) is 0.880. The summed E-state index contributed by atoms with van der Waals surface area (Å²) in [4.78, 5) is 2.12. The fourth-order valence-electron chi connectivity index (χ4n) is 2.40. The molecule has 1 unspecified atom stereocenters. The molecule has 2 rings (SSSR count). The van der Waals surface area contributed by atoms with Crippen LogP contribution in [0.4, 0.5) is 5.69 Å². The molecule has 3 heteroatoms. The Kier molecular flexibility index (Phi) is 5.27. The van der Waals surface area contributed by atoms with Crippen LogP contribution in [0.25, 0.3) is 0 Å². The van der Waals surface area contributed by atoms with Crippen molar-refractivity contribution in [1.29, 1.82) is 0 Å². The summed E-state index contributed by atoms with van der Waals surface area (Å²) in [6.07, 6.45) is 0. The van der Waals surface area contributed by atoms with Crippen molar-refractivity contribution in [3.8, 4) is 0 Å². The molecule has 2 aromatic rings. The second-order valence-electron chi connectivity index (χ2n) is 5.49. The lowest BCUT2D eigenvalue weighted by Gasteiger charge is -2.22. The van der Waals surface area contributed by atoms with Gasteiger partial charge in [-0.3, -0.25) is 0 Å². The number of benzene rings is 2. The van der Waals surface area contributed by atoms with E-state index in [0.717, 1.165) is 17.1 Å². The minimum absolute atomic E-state index is 0.160. The van der Waals surface area contributed by atoms with E-state index in [1.165, 1.54) is 16.8 Å². The average Bonchev–Trinajstić information content (AvgIpc) is 2.48. The SMILES string of the molecule is CCNC(c1cccc(N(C)C)c1)c1ccc(C)c(Cl)c1. The molecule has 0 aliphatic rings. The smallest absolute Gasteiger partial charge is 0.0577 e. The molecular formula is C18H23ClN2. The summed E-state index contributed by atoms with van der Waals surface area (Å²) in [6.45, 7) is 5.06. The van der Waals surface area contributed by atoms with Gasteiger partial charge in [0.05, 0.1) is 6.04 Å². The van der Waals surface area contributed by atoms with Gasteiger partial charge in [-0.15, -0.1) is 0 Å². The monoisotopic (exact) mass is 302 g/mol. The van der Waals surface area contributed by atoms with Crippen LogP contribution in [-0.2, 0) is 0 Å². The van der Waals surface area contributed by atoms with Crippen LogP contribution < -0.4 is 10.2 Å². The topological polar surface area (TPSA) is 15.3 Å². The minimum atomic E-state index is 0.160. The summed E-state index contributed by atoms with van der Waals surface area (Å²) in [5.74, 6) is 0. The Morgan fingerprint density at radius 3 is 2.43 bits per heavy atom. The zero-order valence-corrected chi connectivity index (χ0v) is 13.9. The van der Waals surface area contributed by atoms with Crippen molar-refractivity contribution in [3.63, 3.8) is 0 Å². The van der Waals surface area contributed by atoms with Gasteiger partial charge in [0.2, 0.25) is 0 Å². The molecule has 2 aromatic carbocycles. The molecule has 0 fully saturated rings. The van der Waals surface area contributed by atoms with E-state index < -0.39 is 0 Å². The highest BCUT2D eigenvalue weighted by Crippen LogP contribution is 2.28. The Balaban J connectivity index is 2.42. The van der Waals surface area contributed by atoms with E-state index in [9.17, 15) is 0 Å². The van der Waals surface area contributed by atoms with Gasteiger partial charge in [0, 0.05) is 24.8 Å². The van der Waals surface area contributed by atoms with Crippen molar-refractivity contribution < 1.29 is 0 Å². The van der Waals surface area contributed by atoms with E-state index in [4.69, 9.17) is 11.6 Å². The molecule has 112 valence electrons. The normalized spacial score (nSPS) is 12.2. The van der Waals surface area contributed by atoms with Crippen LogP contribution >= 0.6 is 11.6 Å². The predicted octanol–water partition coefficient (Wildman–Crippen LogP) is 4.41. The lowest BCUT2D eigenvalue weighted by molar-refractivity contribution is 0.630. The van der Waals surface area contributed by atoms with Crippen LogP contribution in [0.2, 0.25) is 5.02 Å². The largest absolute Gasteiger partial charge is 0.378 e. The Morgan fingerprint density at radius 2 is 1.81 bits per heavy atom. The van der Waals surface area contributed by atoms with E-state index in [2.05, 4.69) is 73.7 Å². The van der Waals surface area contributed by atoms with Gasteiger partial charge in [0.25, 0.3) is 0 Å². The van der Waals surface area contributed by atoms with Gasteiger partial charge in [-0.1, -0.05) is 42.8 Å². The van der Waals surface area contributed by atoms with E-state index in [0.29, 0.717) is 0 Å². The van der Waals surface area contributed by atoms with E-state index in [-0.39, 0.29) is 6.04 Å². The number of anilines is 1. The van der Waals surface area contributed by atoms with Crippen LogP contribution in [-0.4, -0.2) is 20.6 Å². The molecule has 0 aliphatic heterocycles. The first-order chi connectivity index (χ1) is 10.0. The number of nitrogens with zero attached hydrogens (tertiary/aromatic N) is 1. The van der Waals surface area contributed by atoms with Gasteiger partial charge in [0.15, 0.2) is 0 Å². The Labute approximate surface area is 132 Å². The van der Waals surface area contributed by atoms with Crippen LogP contribution in [0.1, 0.15) is 29.7 Å². The molecule has 0 radical (unpaired) electrons. The van der Waals surface area contributed by atoms with Gasteiger partial charge in [0.1, 0.15) is 0 Å². The van der Waals surface area contributed by atoms with Crippen molar-refractivity contribution in [2.24, 2.45) is 0 Å². The summed E-state index contributed by atoms with van der Waals surface area (Å²) in [6, 6.07) is 15.1. The number of halogens is 1. The fourth-order valence-corrected chi connectivity index (χ4v) is 2.59. The number of hydrogen-bond donors (Lipinski definition) is 1. The van der Waals surface area contributed by atoms with Crippen LogP contribution in [0.3, 0.4) is 0 Å².